The maximum absolute atomic E-state index is 14.4. The molecule has 7 heterocycles. The fourth-order valence-corrected chi connectivity index (χ4v) is 17.3. The van der Waals surface area contributed by atoms with Crippen molar-refractivity contribution in [3.8, 4) is 0 Å². The van der Waals surface area contributed by atoms with Gasteiger partial charge >= 0.3 is 7.82 Å². The number of carbonyl (C=O) groups excluding carboxylic acids is 7. The molecular formula is C62H92CoN13O14P-4. The van der Waals surface area contributed by atoms with Crippen molar-refractivity contribution >= 4 is 60.2 Å². The molecule has 18 atom stereocenters. The van der Waals surface area contributed by atoms with Crippen LogP contribution >= 0.6 is 7.82 Å². The second-order valence-electron chi connectivity index (χ2n) is 27.5. The molecule has 27 nitrogen and oxygen atoms in total. The molecule has 1 aromatic heterocycles. The molecule has 7 amide bonds. The van der Waals surface area contributed by atoms with Gasteiger partial charge in [0.2, 0.25) is 41.4 Å². The summed E-state index contributed by atoms with van der Waals surface area (Å²) in [5.74, 6) is -6.86. The first-order valence-corrected chi connectivity index (χ1v) is 32.4. The molecule has 16 N–H and O–H groups in total. The number of fused-ring (bicyclic) bond motifs is 10. The van der Waals surface area contributed by atoms with E-state index in [-0.39, 0.29) is 94.0 Å². The van der Waals surface area contributed by atoms with Crippen molar-refractivity contribution in [1.29, 1.82) is 0 Å². The molecule has 0 aliphatic carbocycles. The molecular weight excluding hydrogens is 1240 g/mol. The zero-order valence-electron chi connectivity index (χ0n) is 53.8. The number of imidazole rings is 1. The zero-order chi connectivity index (χ0) is 66.7. The Morgan fingerprint density at radius 2 is 1.32 bits per heavy atom. The summed E-state index contributed by atoms with van der Waals surface area (Å²) >= 11 is 0. The molecule has 0 saturated carbocycles. The SMILES string of the molecule is C/C1=C2/[N-]C(/C=C3\[N-]C(/C(C)=C4/[N-][C@H]([C@H](CC(N)=O)[C@@]4(C)CCC(=O)NC[C@@H](C)OP(=O)(O)O[C@H]4[C@@H](O)[C@@H](n5cnc6cc(C)c(C)cc65)O[C@@H]4CO)[C@]4(C)[N-]C1[C@@H](CCC(N)=O)[C@]4(C)CC(N)=O)[C@@H](CCC(N)=O)C3(C)C)[C@@H](CCC(N)=O)[C@]2(C)CC(N)=O.[Co]. The summed E-state index contributed by atoms with van der Waals surface area (Å²) in [7, 11) is -5.06. The number of ether oxygens (including phenoxy) is 1. The molecule has 6 aliphatic heterocycles. The van der Waals surface area contributed by atoms with Gasteiger partial charge in [-0.05, 0) is 129 Å². The number of phosphoric acid groups is 1. The molecule has 2 aromatic rings. The first kappa shape index (κ1) is 72.5. The number of carbonyl (C=O) groups is 7. The van der Waals surface area contributed by atoms with E-state index in [9.17, 15) is 53.2 Å². The third-order valence-electron chi connectivity index (χ3n) is 21.2. The number of aliphatic hydroxyl groups excluding tert-OH is 2. The topological polar surface area (TPSA) is 467 Å². The van der Waals surface area contributed by atoms with E-state index in [0.29, 0.717) is 39.3 Å². The van der Waals surface area contributed by atoms with Gasteiger partial charge in [-0.1, -0.05) is 53.6 Å². The number of primary amides is 6. The molecule has 507 valence electrons. The van der Waals surface area contributed by atoms with Crippen LogP contribution in [0.3, 0.4) is 0 Å². The van der Waals surface area contributed by atoms with Gasteiger partial charge in [0.25, 0.3) is 0 Å². The van der Waals surface area contributed by atoms with Crippen LogP contribution in [0.1, 0.15) is 150 Å². The Labute approximate surface area is 541 Å². The largest absolute Gasteiger partial charge is 0.685 e. The minimum atomic E-state index is -5.06. The molecule has 8 rings (SSSR count). The van der Waals surface area contributed by atoms with E-state index in [0.717, 1.165) is 11.1 Å². The molecule has 91 heavy (non-hydrogen) atoms. The molecule has 4 unspecified atom stereocenters. The number of rotatable bonds is 26. The van der Waals surface area contributed by atoms with Crippen molar-refractivity contribution in [2.75, 3.05) is 13.2 Å². The normalized spacial score (nSPS) is 36.3. The van der Waals surface area contributed by atoms with Crippen molar-refractivity contribution in [2.45, 2.75) is 207 Å². The number of nitrogens with one attached hydrogen (secondary N) is 1. The minimum Gasteiger partial charge on any atom is -0.685 e. The Morgan fingerprint density at radius 3 is 1.90 bits per heavy atom. The predicted octanol–water partition coefficient (Wildman–Crippen LogP) is 4.85. The summed E-state index contributed by atoms with van der Waals surface area (Å²) in [4.78, 5) is 109. The number of benzene rings is 1. The second-order valence-corrected chi connectivity index (χ2v) is 28.9. The predicted molar refractivity (Wildman–Crippen MR) is 333 cm³/mol. The van der Waals surface area contributed by atoms with E-state index in [4.69, 9.17) is 69.5 Å². The maximum Gasteiger partial charge on any atom is 0.472 e. The third kappa shape index (κ3) is 14.0. The monoisotopic (exact) mass is 1330 g/mol. The van der Waals surface area contributed by atoms with Crippen LogP contribution in [0.4, 0.5) is 0 Å². The van der Waals surface area contributed by atoms with Crippen molar-refractivity contribution < 1.29 is 83.8 Å². The Balaban J connectivity index is 0.0000118. The fourth-order valence-electron chi connectivity index (χ4n) is 16.1. The molecule has 1 aromatic carbocycles. The zero-order valence-corrected chi connectivity index (χ0v) is 55.7. The van der Waals surface area contributed by atoms with Crippen LogP contribution in [0, 0.1) is 59.2 Å². The number of hydrogen-bond donors (Lipinski definition) is 10. The Kier molecular flexibility index (Phi) is 21.7. The Bertz CT molecular complexity index is 3340. The first-order chi connectivity index (χ1) is 41.8. The molecule has 0 spiro atoms. The van der Waals surface area contributed by atoms with Crippen LogP contribution in [0.15, 0.2) is 52.8 Å². The molecule has 1 radical (unpaired) electrons. The van der Waals surface area contributed by atoms with Gasteiger partial charge in [-0.2, -0.15) is 17.1 Å². The number of phosphoric ester groups is 1. The number of hydrogen-bond acceptors (Lipinski definition) is 14. The van der Waals surface area contributed by atoms with Gasteiger partial charge in [0.05, 0.1) is 30.1 Å². The van der Waals surface area contributed by atoms with Gasteiger partial charge in [0.1, 0.15) is 18.3 Å². The molecule has 29 heteroatoms. The van der Waals surface area contributed by atoms with Crippen LogP contribution in [0.5, 0.6) is 0 Å². The van der Waals surface area contributed by atoms with Gasteiger partial charge in [-0.3, -0.25) is 42.6 Å². The van der Waals surface area contributed by atoms with Crippen molar-refractivity contribution in [2.24, 2.45) is 79.7 Å². The number of aromatic nitrogens is 2. The fraction of sp³-hybridized carbons (Fsp3) is 0.677. The standard InChI is InChI=1S/C62H92N13O14P.Co/c1-29-20-39-40(21-30(29)2)75(28-70-39)57-52(84)53(41(27-76)87-57)89-90(85,86)88-31(3)26-69-49(83)18-19-59(8)37(22-46(66)80)56-62(11)61(10,25-48(68)82)36(14-17-45(65)79)51(74-62)33(5)55-60(9,24-47(67)81)34(12-15-43(63)77)38(71-55)23-42-58(6,7)35(13-16-44(64)78)50(72-42)32(4)54(59)73-56;/h20-21,23,28,31,34-38,41,50-53,56-57,76,84H,12-19,22,24-27H2,1-11H3,(H2,63,77)(H2,64,78)(H2,65,79)(H2,66,80)(H2,67,81)(H2,68,82)(H,69,83)(H,85,86);/q-4;/b42-23-,54-32+,55-33-;/t31-,34-,35-,36-,37+,38?,41-,50?,51?,52-,53-,56-,57+,59-,60+,61+,62+;/m1./s1. The van der Waals surface area contributed by atoms with Gasteiger partial charge in [0, 0.05) is 68.3 Å². The molecule has 5 saturated heterocycles. The minimum absolute atomic E-state index is 0. The number of nitrogens with zero attached hydrogens (tertiary/aromatic N) is 6. The van der Waals surface area contributed by atoms with Crippen LogP contribution < -0.4 is 39.7 Å². The second kappa shape index (κ2) is 27.2. The van der Waals surface area contributed by atoms with Crippen LogP contribution in [-0.2, 0) is 68.7 Å². The Hall–Kier alpha value is -5.94. The smallest absolute Gasteiger partial charge is 0.472 e. The van der Waals surface area contributed by atoms with Gasteiger partial charge in [-0.25, -0.2) is 9.55 Å². The number of allylic oxidation sites excluding steroid dienone is 3. The van der Waals surface area contributed by atoms with Crippen LogP contribution in [-0.4, -0.2) is 133 Å². The summed E-state index contributed by atoms with van der Waals surface area (Å²) in [5.41, 5.74) is 36.2. The average Bonchev–Trinajstić information content (AvgIpc) is 1.54. The summed E-state index contributed by atoms with van der Waals surface area (Å²) < 4.78 is 32.3. The van der Waals surface area contributed by atoms with Crippen molar-refractivity contribution in [3.63, 3.8) is 0 Å². The molecule has 8 bridgehead atoms. The van der Waals surface area contributed by atoms with Gasteiger partial charge < -0.3 is 85.4 Å². The van der Waals surface area contributed by atoms with E-state index in [2.05, 4.69) is 10.3 Å². The van der Waals surface area contributed by atoms with Gasteiger partial charge in [-0.15, -0.1) is 34.8 Å². The third-order valence-corrected chi connectivity index (χ3v) is 22.3. The number of aryl methyl sites for hydroxylation is 2. The average molecular weight is 1330 g/mol. The van der Waals surface area contributed by atoms with E-state index in [1.165, 1.54) is 13.3 Å². The van der Waals surface area contributed by atoms with E-state index in [1.54, 1.807) is 4.57 Å². The van der Waals surface area contributed by atoms with Crippen LogP contribution in [0.25, 0.3) is 32.3 Å². The van der Waals surface area contributed by atoms with Crippen molar-refractivity contribution in [3.05, 3.63) is 85.2 Å². The quantitative estimate of drug-likeness (QED) is 0.0563. The maximum atomic E-state index is 14.4. The number of aliphatic hydroxyl groups is 2. The van der Waals surface area contributed by atoms with E-state index in [1.807, 2.05) is 87.4 Å². The van der Waals surface area contributed by atoms with E-state index >= 15 is 0 Å². The molecule has 5 fully saturated rings. The summed E-state index contributed by atoms with van der Waals surface area (Å²) in [5, 5.41) is 46.9. The van der Waals surface area contributed by atoms with Crippen LogP contribution in [0.2, 0.25) is 0 Å². The molecule has 6 aliphatic rings. The first-order valence-electron chi connectivity index (χ1n) is 30.9. The Morgan fingerprint density at radius 1 is 0.747 bits per heavy atom. The summed E-state index contributed by atoms with van der Waals surface area (Å²) in [6.07, 6.45) is -3.96. The van der Waals surface area contributed by atoms with Gasteiger partial charge in [0.15, 0.2) is 6.23 Å². The van der Waals surface area contributed by atoms with Crippen molar-refractivity contribution in [1.82, 2.24) is 14.9 Å². The summed E-state index contributed by atoms with van der Waals surface area (Å²) in [6.45, 7) is 19.5. The number of amides is 7. The number of nitrogens with two attached hydrogens (primary N) is 6. The van der Waals surface area contributed by atoms with E-state index < -0.39 is 161 Å². The summed E-state index contributed by atoms with van der Waals surface area (Å²) in [6, 6.07) is 0.417.